The van der Waals surface area contributed by atoms with Crippen molar-refractivity contribution in [3.8, 4) is 0 Å². The standard InChI is InChI=1S/C11H20F3NO5S/c1-9(2,3)20-8(16)15-6-10(4,5)7-19-21(17,18)11(12,13)14/h6-7H2,1-5H3,(H,15,16). The average molecular weight is 335 g/mol. The van der Waals surface area contributed by atoms with E-state index in [1.165, 1.54) is 13.8 Å². The second-order valence-corrected chi connectivity index (χ2v) is 7.79. The van der Waals surface area contributed by atoms with Crippen LogP contribution in [0.2, 0.25) is 0 Å². The Labute approximate surface area is 122 Å². The first-order valence-electron chi connectivity index (χ1n) is 5.98. The molecule has 0 radical (unpaired) electrons. The molecule has 0 aliphatic heterocycles. The predicted octanol–water partition coefficient (Wildman–Crippen LogP) is 2.40. The first-order valence-corrected chi connectivity index (χ1v) is 7.39. The molecule has 1 amide bonds. The number of carbonyl (C=O) groups is 1. The fourth-order valence-electron chi connectivity index (χ4n) is 0.981. The third-order valence-corrected chi connectivity index (χ3v) is 2.99. The molecule has 0 aromatic carbocycles. The summed E-state index contributed by atoms with van der Waals surface area (Å²) >= 11 is 0. The molecule has 0 atom stereocenters. The van der Waals surface area contributed by atoms with E-state index in [4.69, 9.17) is 4.74 Å². The molecule has 0 fully saturated rings. The van der Waals surface area contributed by atoms with Crippen molar-refractivity contribution >= 4 is 16.2 Å². The van der Waals surface area contributed by atoms with Gasteiger partial charge in [-0.2, -0.15) is 21.6 Å². The summed E-state index contributed by atoms with van der Waals surface area (Å²) in [5, 5.41) is 2.34. The minimum atomic E-state index is -5.64. The molecule has 0 saturated carbocycles. The minimum Gasteiger partial charge on any atom is -0.444 e. The van der Waals surface area contributed by atoms with E-state index < -0.39 is 39.3 Å². The Morgan fingerprint density at radius 2 is 1.57 bits per heavy atom. The van der Waals surface area contributed by atoms with Gasteiger partial charge in [0.1, 0.15) is 5.60 Å². The van der Waals surface area contributed by atoms with E-state index >= 15 is 0 Å². The second kappa shape index (κ2) is 6.39. The van der Waals surface area contributed by atoms with Gasteiger partial charge in [-0.3, -0.25) is 4.18 Å². The number of carbonyl (C=O) groups excluding carboxylic acids is 1. The number of ether oxygens (including phenoxy) is 1. The largest absolute Gasteiger partial charge is 0.523 e. The first-order chi connectivity index (χ1) is 9.06. The molecule has 126 valence electrons. The molecule has 0 aromatic heterocycles. The SMILES string of the molecule is CC(C)(CNC(=O)OC(C)(C)C)COS(=O)(=O)C(F)(F)F. The van der Waals surface area contributed by atoms with Crippen LogP contribution in [0.25, 0.3) is 0 Å². The fraction of sp³-hybridized carbons (Fsp3) is 0.909. The summed E-state index contributed by atoms with van der Waals surface area (Å²) in [4.78, 5) is 11.4. The van der Waals surface area contributed by atoms with Crippen molar-refractivity contribution < 1.29 is 35.3 Å². The maximum Gasteiger partial charge on any atom is 0.523 e. The van der Waals surface area contributed by atoms with Crippen LogP contribution in [0.15, 0.2) is 0 Å². The normalized spacial score (nSPS) is 13.9. The van der Waals surface area contributed by atoms with Gasteiger partial charge in [-0.05, 0) is 20.8 Å². The smallest absolute Gasteiger partial charge is 0.444 e. The van der Waals surface area contributed by atoms with Crippen LogP contribution in [0.1, 0.15) is 34.6 Å². The summed E-state index contributed by atoms with van der Waals surface area (Å²) in [5.41, 5.74) is -7.22. The van der Waals surface area contributed by atoms with Crippen LogP contribution in [0, 0.1) is 5.41 Å². The summed E-state index contributed by atoms with van der Waals surface area (Å²) in [5.74, 6) is 0. The zero-order chi connectivity index (χ0) is 17.1. The van der Waals surface area contributed by atoms with E-state index in [0.29, 0.717) is 0 Å². The molecular weight excluding hydrogens is 315 g/mol. The van der Waals surface area contributed by atoms with Crippen LogP contribution in [-0.2, 0) is 19.0 Å². The predicted molar refractivity (Wildman–Crippen MR) is 68.9 cm³/mol. The highest BCUT2D eigenvalue weighted by atomic mass is 32.2. The van der Waals surface area contributed by atoms with Crippen molar-refractivity contribution in [2.75, 3.05) is 13.2 Å². The minimum absolute atomic E-state index is 0.116. The van der Waals surface area contributed by atoms with Crippen molar-refractivity contribution in [2.45, 2.75) is 45.7 Å². The molecule has 6 nitrogen and oxygen atoms in total. The molecule has 0 spiro atoms. The molecule has 1 N–H and O–H groups in total. The Kier molecular flexibility index (Phi) is 6.07. The number of rotatable bonds is 5. The van der Waals surface area contributed by atoms with Crippen LogP contribution in [-0.4, -0.2) is 38.8 Å². The van der Waals surface area contributed by atoms with Gasteiger partial charge in [-0.15, -0.1) is 0 Å². The number of halogens is 3. The highest BCUT2D eigenvalue weighted by Crippen LogP contribution is 2.26. The zero-order valence-electron chi connectivity index (χ0n) is 12.5. The molecule has 0 aliphatic rings. The Morgan fingerprint density at radius 1 is 1.10 bits per heavy atom. The highest BCUT2D eigenvalue weighted by molar-refractivity contribution is 7.87. The number of hydrogen-bond acceptors (Lipinski definition) is 5. The number of nitrogens with one attached hydrogen (secondary N) is 1. The Bertz CT molecular complexity index is 465. The van der Waals surface area contributed by atoms with Gasteiger partial charge in [-0.25, -0.2) is 4.79 Å². The van der Waals surface area contributed by atoms with Crippen molar-refractivity contribution in [3.05, 3.63) is 0 Å². The molecular formula is C11H20F3NO5S. The van der Waals surface area contributed by atoms with E-state index in [-0.39, 0.29) is 6.54 Å². The average Bonchev–Trinajstić information content (AvgIpc) is 2.20. The van der Waals surface area contributed by atoms with Crippen LogP contribution < -0.4 is 5.32 Å². The van der Waals surface area contributed by atoms with Crippen molar-refractivity contribution in [3.63, 3.8) is 0 Å². The third-order valence-electron chi connectivity index (χ3n) is 2.00. The molecule has 21 heavy (non-hydrogen) atoms. The fourth-order valence-corrected chi connectivity index (χ4v) is 1.59. The zero-order valence-corrected chi connectivity index (χ0v) is 13.3. The van der Waals surface area contributed by atoms with Gasteiger partial charge in [-0.1, -0.05) is 13.8 Å². The highest BCUT2D eigenvalue weighted by Gasteiger charge is 2.48. The summed E-state index contributed by atoms with van der Waals surface area (Å²) in [6.45, 7) is 6.98. The monoisotopic (exact) mass is 335 g/mol. The molecule has 0 aliphatic carbocycles. The molecule has 10 heteroatoms. The number of alkyl carbamates (subject to hydrolysis) is 1. The topological polar surface area (TPSA) is 81.7 Å². The van der Waals surface area contributed by atoms with Gasteiger partial charge in [0, 0.05) is 12.0 Å². The number of amides is 1. The first kappa shape index (κ1) is 20.0. The summed E-state index contributed by atoms with van der Waals surface area (Å²) in [6.07, 6.45) is -0.755. The lowest BCUT2D eigenvalue weighted by Crippen LogP contribution is -2.40. The molecule has 0 heterocycles. The van der Waals surface area contributed by atoms with E-state index in [9.17, 15) is 26.4 Å². The van der Waals surface area contributed by atoms with Crippen LogP contribution in [0.4, 0.5) is 18.0 Å². The van der Waals surface area contributed by atoms with Gasteiger partial charge in [0.05, 0.1) is 6.61 Å². The van der Waals surface area contributed by atoms with E-state index in [2.05, 4.69) is 9.50 Å². The number of alkyl halides is 3. The number of hydrogen-bond donors (Lipinski definition) is 1. The Hall–Kier alpha value is -1.03. The maximum atomic E-state index is 12.1. The van der Waals surface area contributed by atoms with Crippen molar-refractivity contribution in [1.29, 1.82) is 0 Å². The Morgan fingerprint density at radius 3 is 1.95 bits per heavy atom. The van der Waals surface area contributed by atoms with E-state index in [1.807, 2.05) is 0 Å². The Balaban J connectivity index is 4.44. The second-order valence-electron chi connectivity index (χ2n) is 6.18. The van der Waals surface area contributed by atoms with Gasteiger partial charge in [0.2, 0.25) is 0 Å². The van der Waals surface area contributed by atoms with Crippen LogP contribution in [0.3, 0.4) is 0 Å². The van der Waals surface area contributed by atoms with Gasteiger partial charge in [0.25, 0.3) is 0 Å². The van der Waals surface area contributed by atoms with Crippen molar-refractivity contribution in [2.24, 2.45) is 5.41 Å². The van der Waals surface area contributed by atoms with Crippen molar-refractivity contribution in [1.82, 2.24) is 5.32 Å². The van der Waals surface area contributed by atoms with E-state index in [1.54, 1.807) is 20.8 Å². The lowest BCUT2D eigenvalue weighted by Gasteiger charge is -2.26. The molecule has 0 bridgehead atoms. The molecule has 0 saturated heterocycles. The van der Waals surface area contributed by atoms with E-state index in [0.717, 1.165) is 0 Å². The summed E-state index contributed by atoms with van der Waals surface area (Å²) < 4.78 is 66.7. The lowest BCUT2D eigenvalue weighted by molar-refractivity contribution is -0.0561. The lowest BCUT2D eigenvalue weighted by atomic mass is 9.95. The molecule has 0 unspecified atom stereocenters. The third kappa shape index (κ3) is 8.10. The van der Waals surface area contributed by atoms with Gasteiger partial charge in [0.15, 0.2) is 0 Å². The molecule has 0 aromatic rings. The molecule has 0 rings (SSSR count). The quantitative estimate of drug-likeness (QED) is 0.616. The van der Waals surface area contributed by atoms with Crippen LogP contribution in [0.5, 0.6) is 0 Å². The van der Waals surface area contributed by atoms with Gasteiger partial charge >= 0.3 is 21.7 Å². The van der Waals surface area contributed by atoms with Gasteiger partial charge < -0.3 is 10.1 Å². The maximum absolute atomic E-state index is 12.1. The summed E-state index contributed by atoms with van der Waals surface area (Å²) in [6, 6.07) is 0. The summed E-state index contributed by atoms with van der Waals surface area (Å²) in [7, 11) is -5.64. The van der Waals surface area contributed by atoms with Crippen LogP contribution >= 0.6 is 0 Å².